The van der Waals surface area contributed by atoms with E-state index < -0.39 is 0 Å². The van der Waals surface area contributed by atoms with Gasteiger partial charge in [-0.2, -0.15) is 0 Å². The van der Waals surface area contributed by atoms with Crippen molar-refractivity contribution in [3.05, 3.63) is 53.1 Å². The largest absolute Gasteiger partial charge is 0.339 e. The van der Waals surface area contributed by atoms with Crippen LogP contribution in [0, 0.1) is 0 Å². The number of carbonyl (C=O) groups is 2. The second-order valence-electron chi connectivity index (χ2n) is 7.57. The summed E-state index contributed by atoms with van der Waals surface area (Å²) in [5, 5.41) is 0. The Labute approximate surface area is 167 Å². The van der Waals surface area contributed by atoms with Crippen LogP contribution in [0.1, 0.15) is 65.0 Å². The van der Waals surface area contributed by atoms with Gasteiger partial charge in [-0.05, 0) is 31.2 Å². The summed E-state index contributed by atoms with van der Waals surface area (Å²) in [6, 6.07) is 9.90. The number of rotatable bonds is 7. The number of amides is 2. The molecule has 0 fully saturated rings. The monoisotopic (exact) mass is 382 g/mol. The average Bonchev–Trinajstić information content (AvgIpc) is 3.11. The molecule has 28 heavy (non-hydrogen) atoms. The standard InChI is InChI=1S/C22H30N4O2/c1-4-5-14-24(2)22(28)20-23-19(18-13-9-10-15-26(18)20)21(27)25(3)16-17-11-7-6-8-12-17/h6-8,11-12H,4-5,9-10,13-16H2,1-3H3. The number of hydrogen-bond acceptors (Lipinski definition) is 3. The summed E-state index contributed by atoms with van der Waals surface area (Å²) in [4.78, 5) is 34.0. The van der Waals surface area contributed by atoms with E-state index in [4.69, 9.17) is 0 Å². The van der Waals surface area contributed by atoms with E-state index in [1.54, 1.807) is 16.8 Å². The highest BCUT2D eigenvalue weighted by Crippen LogP contribution is 2.23. The minimum atomic E-state index is -0.121. The fourth-order valence-corrected chi connectivity index (χ4v) is 3.65. The van der Waals surface area contributed by atoms with Gasteiger partial charge in [-0.3, -0.25) is 9.59 Å². The zero-order valence-corrected chi connectivity index (χ0v) is 17.1. The number of unbranched alkanes of at least 4 members (excludes halogenated alkanes) is 1. The van der Waals surface area contributed by atoms with Crippen LogP contribution in [-0.4, -0.2) is 51.8 Å². The van der Waals surface area contributed by atoms with Gasteiger partial charge in [-0.15, -0.1) is 0 Å². The second kappa shape index (κ2) is 9.04. The van der Waals surface area contributed by atoms with Gasteiger partial charge in [0, 0.05) is 33.7 Å². The summed E-state index contributed by atoms with van der Waals surface area (Å²) in [6.45, 7) is 4.08. The summed E-state index contributed by atoms with van der Waals surface area (Å²) in [6.07, 6.45) is 4.81. The van der Waals surface area contributed by atoms with Gasteiger partial charge < -0.3 is 14.4 Å². The molecule has 0 unspecified atom stereocenters. The van der Waals surface area contributed by atoms with Crippen LogP contribution in [0.4, 0.5) is 0 Å². The third-order valence-corrected chi connectivity index (χ3v) is 5.31. The first kappa shape index (κ1) is 20.1. The lowest BCUT2D eigenvalue weighted by atomic mass is 10.1. The lowest BCUT2D eigenvalue weighted by molar-refractivity contribution is 0.0774. The van der Waals surface area contributed by atoms with Gasteiger partial charge in [0.25, 0.3) is 11.8 Å². The van der Waals surface area contributed by atoms with Crippen molar-refractivity contribution in [2.75, 3.05) is 20.6 Å². The molecule has 0 radical (unpaired) electrons. The highest BCUT2D eigenvalue weighted by atomic mass is 16.2. The smallest absolute Gasteiger partial charge is 0.289 e. The Morgan fingerprint density at radius 1 is 1.07 bits per heavy atom. The Morgan fingerprint density at radius 3 is 2.54 bits per heavy atom. The molecule has 0 bridgehead atoms. The van der Waals surface area contributed by atoms with Gasteiger partial charge in [0.15, 0.2) is 5.82 Å². The summed E-state index contributed by atoms with van der Waals surface area (Å²) in [5.41, 5.74) is 2.41. The molecule has 1 aliphatic heterocycles. The third kappa shape index (κ3) is 4.26. The quantitative estimate of drug-likeness (QED) is 0.738. The van der Waals surface area contributed by atoms with E-state index >= 15 is 0 Å². The molecule has 150 valence electrons. The fourth-order valence-electron chi connectivity index (χ4n) is 3.65. The minimum Gasteiger partial charge on any atom is -0.339 e. The van der Waals surface area contributed by atoms with E-state index in [1.807, 2.05) is 41.9 Å². The SMILES string of the molecule is CCCCN(C)C(=O)c1nc(C(=O)N(C)Cc2ccccc2)c2n1CCCC2. The summed E-state index contributed by atoms with van der Waals surface area (Å²) >= 11 is 0. The van der Waals surface area contributed by atoms with Crippen molar-refractivity contribution >= 4 is 11.8 Å². The van der Waals surface area contributed by atoms with Gasteiger partial charge in [0.2, 0.25) is 0 Å². The summed E-state index contributed by atoms with van der Waals surface area (Å²) in [7, 11) is 3.60. The molecule has 0 atom stereocenters. The van der Waals surface area contributed by atoms with Crippen LogP contribution in [0.5, 0.6) is 0 Å². The first-order valence-corrected chi connectivity index (χ1v) is 10.2. The molecule has 0 aliphatic carbocycles. The van der Waals surface area contributed by atoms with E-state index in [0.29, 0.717) is 24.6 Å². The maximum Gasteiger partial charge on any atom is 0.289 e. The molecule has 2 aromatic rings. The molecule has 2 heterocycles. The predicted molar refractivity (Wildman–Crippen MR) is 109 cm³/mol. The lowest BCUT2D eigenvalue weighted by Crippen LogP contribution is -2.31. The number of hydrogen-bond donors (Lipinski definition) is 0. The van der Waals surface area contributed by atoms with Crippen LogP contribution in [0.2, 0.25) is 0 Å². The van der Waals surface area contributed by atoms with Crippen LogP contribution in [0.3, 0.4) is 0 Å². The van der Waals surface area contributed by atoms with Crippen molar-refractivity contribution in [1.29, 1.82) is 0 Å². The van der Waals surface area contributed by atoms with E-state index in [-0.39, 0.29) is 11.8 Å². The van der Waals surface area contributed by atoms with Crippen molar-refractivity contribution in [2.24, 2.45) is 0 Å². The third-order valence-electron chi connectivity index (χ3n) is 5.31. The molecular formula is C22H30N4O2. The first-order valence-electron chi connectivity index (χ1n) is 10.2. The maximum atomic E-state index is 13.1. The Kier molecular flexibility index (Phi) is 6.49. The Balaban J connectivity index is 1.85. The van der Waals surface area contributed by atoms with Crippen LogP contribution in [0.25, 0.3) is 0 Å². The van der Waals surface area contributed by atoms with Gasteiger partial charge in [0.05, 0.1) is 5.69 Å². The van der Waals surface area contributed by atoms with Crippen LogP contribution in [-0.2, 0) is 19.5 Å². The van der Waals surface area contributed by atoms with Crippen molar-refractivity contribution in [1.82, 2.24) is 19.4 Å². The summed E-state index contributed by atoms with van der Waals surface area (Å²) in [5.74, 6) is 0.191. The van der Waals surface area contributed by atoms with Gasteiger partial charge in [-0.25, -0.2) is 4.98 Å². The van der Waals surface area contributed by atoms with Crippen LogP contribution >= 0.6 is 0 Å². The number of nitrogens with zero attached hydrogens (tertiary/aromatic N) is 4. The van der Waals surface area contributed by atoms with E-state index in [1.165, 1.54) is 0 Å². The zero-order valence-electron chi connectivity index (χ0n) is 17.1. The Morgan fingerprint density at radius 2 is 1.82 bits per heavy atom. The molecule has 1 aliphatic rings. The van der Waals surface area contributed by atoms with Gasteiger partial charge >= 0.3 is 0 Å². The molecule has 3 rings (SSSR count). The highest BCUT2D eigenvalue weighted by Gasteiger charge is 2.30. The van der Waals surface area contributed by atoms with Crippen molar-refractivity contribution in [3.63, 3.8) is 0 Å². The first-order chi connectivity index (χ1) is 13.5. The summed E-state index contributed by atoms with van der Waals surface area (Å²) < 4.78 is 1.97. The molecule has 1 aromatic carbocycles. The lowest BCUT2D eigenvalue weighted by Gasteiger charge is -2.21. The number of fused-ring (bicyclic) bond motifs is 1. The minimum absolute atomic E-state index is 0.0960. The molecule has 0 saturated heterocycles. The van der Waals surface area contributed by atoms with E-state index in [2.05, 4.69) is 11.9 Å². The molecule has 0 N–H and O–H groups in total. The zero-order chi connectivity index (χ0) is 20.1. The molecular weight excluding hydrogens is 352 g/mol. The normalized spacial score (nSPS) is 13.1. The van der Waals surface area contributed by atoms with Crippen LogP contribution in [0.15, 0.2) is 30.3 Å². The molecule has 0 spiro atoms. The highest BCUT2D eigenvalue weighted by molar-refractivity contribution is 5.97. The number of aromatic nitrogens is 2. The van der Waals surface area contributed by atoms with Gasteiger partial charge in [0.1, 0.15) is 5.69 Å². The topological polar surface area (TPSA) is 58.4 Å². The predicted octanol–water partition coefficient (Wildman–Crippen LogP) is 3.36. The molecule has 0 saturated carbocycles. The van der Waals surface area contributed by atoms with E-state index in [9.17, 15) is 9.59 Å². The molecule has 1 aromatic heterocycles. The second-order valence-corrected chi connectivity index (χ2v) is 7.57. The number of benzene rings is 1. The van der Waals surface area contributed by atoms with Crippen molar-refractivity contribution in [2.45, 2.75) is 52.1 Å². The molecule has 6 heteroatoms. The maximum absolute atomic E-state index is 13.1. The van der Waals surface area contributed by atoms with Gasteiger partial charge in [-0.1, -0.05) is 43.7 Å². The van der Waals surface area contributed by atoms with Crippen molar-refractivity contribution < 1.29 is 9.59 Å². The van der Waals surface area contributed by atoms with E-state index in [0.717, 1.165) is 49.9 Å². The van der Waals surface area contributed by atoms with Crippen LogP contribution < -0.4 is 0 Å². The Bertz CT molecular complexity index is 829. The Hall–Kier alpha value is -2.63. The fraction of sp³-hybridized carbons (Fsp3) is 0.500. The molecule has 6 nitrogen and oxygen atoms in total. The average molecular weight is 383 g/mol. The molecule has 2 amide bonds. The number of carbonyl (C=O) groups excluding carboxylic acids is 2. The number of imidazole rings is 1. The van der Waals surface area contributed by atoms with Crippen molar-refractivity contribution in [3.8, 4) is 0 Å².